The van der Waals surface area contributed by atoms with Gasteiger partial charge in [-0.1, -0.05) is 25.1 Å². The van der Waals surface area contributed by atoms with Gasteiger partial charge in [0.25, 0.3) is 5.91 Å². The molecule has 0 saturated carbocycles. The standard InChI is InChI=1S/C21H25NO5S/c1-5-28-19-9-7-6-8-16(19)21(24)27-14(2)20(23)22-13-15-10-11-17(25-3)18(12-15)26-4/h6-12,14H,5,13H2,1-4H3,(H,22,23)/t14-/m1/s1. The molecule has 1 N–H and O–H groups in total. The predicted molar refractivity (Wildman–Crippen MR) is 109 cm³/mol. The largest absolute Gasteiger partial charge is 0.493 e. The van der Waals surface area contributed by atoms with Crippen LogP contribution in [0.2, 0.25) is 0 Å². The molecule has 6 nitrogen and oxygen atoms in total. The van der Waals surface area contributed by atoms with Crippen LogP contribution in [0.1, 0.15) is 29.8 Å². The summed E-state index contributed by atoms with van der Waals surface area (Å²) in [6.07, 6.45) is -0.910. The van der Waals surface area contributed by atoms with E-state index in [2.05, 4.69) is 5.32 Å². The van der Waals surface area contributed by atoms with Crippen molar-refractivity contribution in [2.75, 3.05) is 20.0 Å². The second-order valence-corrected chi connectivity index (χ2v) is 7.19. The molecule has 2 aromatic rings. The Morgan fingerprint density at radius 2 is 1.79 bits per heavy atom. The molecule has 0 aliphatic carbocycles. The zero-order valence-electron chi connectivity index (χ0n) is 16.5. The van der Waals surface area contributed by atoms with Gasteiger partial charge in [-0.15, -0.1) is 11.8 Å². The summed E-state index contributed by atoms with van der Waals surface area (Å²) in [5.74, 6) is 1.15. The molecule has 1 atom stereocenters. The Kier molecular flexibility index (Phi) is 8.19. The maximum Gasteiger partial charge on any atom is 0.340 e. The van der Waals surface area contributed by atoms with Crippen LogP contribution in [0.4, 0.5) is 0 Å². The lowest BCUT2D eigenvalue weighted by Crippen LogP contribution is -2.35. The molecule has 2 rings (SSSR count). The van der Waals surface area contributed by atoms with Crippen LogP contribution in [0.3, 0.4) is 0 Å². The Bertz CT molecular complexity index is 824. The van der Waals surface area contributed by atoms with Crippen LogP contribution in [0.25, 0.3) is 0 Å². The van der Waals surface area contributed by atoms with Gasteiger partial charge in [0.1, 0.15) is 0 Å². The minimum Gasteiger partial charge on any atom is -0.493 e. The number of carbonyl (C=O) groups is 2. The van der Waals surface area contributed by atoms with Crippen LogP contribution in [0, 0.1) is 0 Å². The van der Waals surface area contributed by atoms with E-state index in [9.17, 15) is 9.59 Å². The van der Waals surface area contributed by atoms with Gasteiger partial charge in [0.15, 0.2) is 17.6 Å². The van der Waals surface area contributed by atoms with Gasteiger partial charge in [0.2, 0.25) is 0 Å². The van der Waals surface area contributed by atoms with Gasteiger partial charge >= 0.3 is 5.97 Å². The number of hydrogen-bond donors (Lipinski definition) is 1. The maximum atomic E-state index is 12.4. The summed E-state index contributed by atoms with van der Waals surface area (Å²) in [6, 6.07) is 12.6. The molecule has 2 aromatic carbocycles. The average Bonchev–Trinajstić information content (AvgIpc) is 2.72. The van der Waals surface area contributed by atoms with Gasteiger partial charge in [-0.2, -0.15) is 0 Å². The van der Waals surface area contributed by atoms with Gasteiger partial charge in [-0.25, -0.2) is 4.79 Å². The first-order valence-corrected chi connectivity index (χ1v) is 9.90. The Hall–Kier alpha value is -2.67. The van der Waals surface area contributed by atoms with E-state index >= 15 is 0 Å². The lowest BCUT2D eigenvalue weighted by atomic mass is 10.2. The Balaban J connectivity index is 1.95. The number of benzene rings is 2. The van der Waals surface area contributed by atoms with Gasteiger partial charge in [0, 0.05) is 11.4 Å². The predicted octanol–water partition coefficient (Wildman–Crippen LogP) is 3.68. The van der Waals surface area contributed by atoms with Gasteiger partial charge in [-0.3, -0.25) is 4.79 Å². The van der Waals surface area contributed by atoms with E-state index in [0.717, 1.165) is 16.2 Å². The van der Waals surface area contributed by atoms with E-state index < -0.39 is 12.1 Å². The number of rotatable bonds is 9. The number of nitrogens with one attached hydrogen (secondary N) is 1. The van der Waals surface area contributed by atoms with Gasteiger partial charge in [0.05, 0.1) is 19.8 Å². The Morgan fingerprint density at radius 3 is 2.46 bits per heavy atom. The first-order valence-electron chi connectivity index (χ1n) is 8.91. The third-order valence-corrected chi connectivity index (χ3v) is 4.93. The highest BCUT2D eigenvalue weighted by molar-refractivity contribution is 7.99. The minimum absolute atomic E-state index is 0.281. The Morgan fingerprint density at radius 1 is 1.07 bits per heavy atom. The Labute approximate surface area is 169 Å². The van der Waals surface area contributed by atoms with E-state index in [1.807, 2.05) is 25.1 Å². The smallest absolute Gasteiger partial charge is 0.340 e. The normalized spacial score (nSPS) is 11.4. The fourth-order valence-electron chi connectivity index (χ4n) is 2.52. The van der Waals surface area contributed by atoms with Crippen LogP contribution < -0.4 is 14.8 Å². The summed E-state index contributed by atoms with van der Waals surface area (Å²) in [5.41, 5.74) is 1.31. The van der Waals surface area contributed by atoms with Crippen LogP contribution in [0.5, 0.6) is 11.5 Å². The zero-order valence-corrected chi connectivity index (χ0v) is 17.3. The number of hydrogen-bond acceptors (Lipinski definition) is 6. The molecule has 0 unspecified atom stereocenters. The number of amides is 1. The topological polar surface area (TPSA) is 73.9 Å². The fourth-order valence-corrected chi connectivity index (χ4v) is 3.31. The van der Waals surface area contributed by atoms with Crippen LogP contribution in [-0.2, 0) is 16.1 Å². The third kappa shape index (κ3) is 5.66. The lowest BCUT2D eigenvalue weighted by Gasteiger charge is -2.15. The number of esters is 1. The zero-order chi connectivity index (χ0) is 20.5. The number of ether oxygens (including phenoxy) is 3. The van der Waals surface area contributed by atoms with Crippen molar-refractivity contribution in [3.63, 3.8) is 0 Å². The van der Waals surface area contributed by atoms with Gasteiger partial charge in [-0.05, 0) is 42.5 Å². The summed E-state index contributed by atoms with van der Waals surface area (Å²) in [4.78, 5) is 25.6. The molecule has 150 valence electrons. The summed E-state index contributed by atoms with van der Waals surface area (Å²) in [5, 5.41) is 2.77. The first-order chi connectivity index (χ1) is 13.5. The molecule has 0 aliphatic heterocycles. The van der Waals surface area contributed by atoms with Crippen molar-refractivity contribution < 1.29 is 23.8 Å². The van der Waals surface area contributed by atoms with Crippen molar-refractivity contribution in [1.82, 2.24) is 5.32 Å². The van der Waals surface area contributed by atoms with Gasteiger partial charge < -0.3 is 19.5 Å². The highest BCUT2D eigenvalue weighted by Crippen LogP contribution is 2.27. The second-order valence-electron chi connectivity index (χ2n) is 5.88. The molecule has 0 heterocycles. The van der Waals surface area contributed by atoms with Crippen molar-refractivity contribution in [1.29, 1.82) is 0 Å². The number of methoxy groups -OCH3 is 2. The van der Waals surface area contributed by atoms with E-state index in [1.54, 1.807) is 57.2 Å². The molecule has 0 spiro atoms. The molecular weight excluding hydrogens is 378 g/mol. The quantitative estimate of drug-likeness (QED) is 0.509. The molecule has 0 bridgehead atoms. The van der Waals surface area contributed by atoms with E-state index in [4.69, 9.17) is 14.2 Å². The molecule has 0 aromatic heterocycles. The lowest BCUT2D eigenvalue weighted by molar-refractivity contribution is -0.129. The fraction of sp³-hybridized carbons (Fsp3) is 0.333. The first kappa shape index (κ1) is 21.6. The second kappa shape index (κ2) is 10.6. The van der Waals surface area contributed by atoms with E-state index in [-0.39, 0.29) is 12.5 Å². The van der Waals surface area contributed by atoms with Crippen LogP contribution in [0.15, 0.2) is 47.4 Å². The summed E-state index contributed by atoms with van der Waals surface area (Å²) in [6.45, 7) is 3.85. The molecule has 0 fully saturated rings. The van der Waals surface area contributed by atoms with Crippen LogP contribution >= 0.6 is 11.8 Å². The molecule has 0 radical (unpaired) electrons. The molecule has 1 amide bonds. The van der Waals surface area contributed by atoms with E-state index in [1.165, 1.54) is 0 Å². The molecule has 28 heavy (non-hydrogen) atoms. The highest BCUT2D eigenvalue weighted by Gasteiger charge is 2.20. The number of thioether (sulfide) groups is 1. The molecule has 0 saturated heterocycles. The van der Waals surface area contributed by atoms with Crippen molar-refractivity contribution in [2.24, 2.45) is 0 Å². The molecular formula is C21H25NO5S. The van der Waals surface area contributed by atoms with Crippen molar-refractivity contribution in [3.05, 3.63) is 53.6 Å². The summed E-state index contributed by atoms with van der Waals surface area (Å²) in [7, 11) is 3.11. The monoisotopic (exact) mass is 403 g/mol. The van der Waals surface area contributed by atoms with E-state index in [0.29, 0.717) is 17.1 Å². The summed E-state index contributed by atoms with van der Waals surface area (Å²) >= 11 is 1.56. The highest BCUT2D eigenvalue weighted by atomic mass is 32.2. The summed E-state index contributed by atoms with van der Waals surface area (Å²) < 4.78 is 15.8. The van der Waals surface area contributed by atoms with Crippen molar-refractivity contribution >= 4 is 23.6 Å². The van der Waals surface area contributed by atoms with Crippen molar-refractivity contribution in [2.45, 2.75) is 31.4 Å². The SMILES string of the molecule is CCSc1ccccc1C(=O)O[C@H](C)C(=O)NCc1ccc(OC)c(OC)c1. The molecule has 0 aliphatic rings. The maximum absolute atomic E-state index is 12.4. The van der Waals surface area contributed by atoms with Crippen molar-refractivity contribution in [3.8, 4) is 11.5 Å². The average molecular weight is 404 g/mol. The minimum atomic E-state index is -0.910. The number of carbonyl (C=O) groups excluding carboxylic acids is 2. The molecule has 7 heteroatoms. The van der Waals surface area contributed by atoms with Crippen LogP contribution in [-0.4, -0.2) is 38.0 Å². The third-order valence-electron chi connectivity index (χ3n) is 3.97.